The van der Waals surface area contributed by atoms with Crippen molar-refractivity contribution in [3.63, 3.8) is 0 Å². The Labute approximate surface area is 93.1 Å². The van der Waals surface area contributed by atoms with E-state index in [0.717, 1.165) is 17.0 Å². The highest BCUT2D eigenvalue weighted by Gasteiger charge is 2.25. The highest BCUT2D eigenvalue weighted by molar-refractivity contribution is 6.34. The van der Waals surface area contributed by atoms with Gasteiger partial charge >= 0.3 is 0 Å². The molecule has 15 heavy (non-hydrogen) atoms. The van der Waals surface area contributed by atoms with Crippen LogP contribution in [-0.2, 0) is 7.05 Å². The van der Waals surface area contributed by atoms with E-state index in [-0.39, 0.29) is 0 Å². The van der Waals surface area contributed by atoms with Crippen molar-refractivity contribution in [1.29, 1.82) is 0 Å². The van der Waals surface area contributed by atoms with E-state index < -0.39 is 0 Å². The number of nitrogens with zero attached hydrogens (tertiary/aromatic N) is 3. The van der Waals surface area contributed by atoms with Crippen LogP contribution in [0.3, 0.4) is 0 Å². The molecule has 2 aromatic rings. The Morgan fingerprint density at radius 3 is 2.87 bits per heavy atom. The Hall–Kier alpha value is -1.09. The Kier molecular flexibility index (Phi) is 1.96. The van der Waals surface area contributed by atoms with Crippen LogP contribution in [0.5, 0.6) is 0 Å². The van der Waals surface area contributed by atoms with Crippen molar-refractivity contribution in [2.75, 3.05) is 0 Å². The number of hydrogen-bond acceptors (Lipinski definition) is 2. The minimum absolute atomic E-state index is 0.611. The summed E-state index contributed by atoms with van der Waals surface area (Å²) in [5, 5.41) is 0.696. The van der Waals surface area contributed by atoms with Crippen molar-refractivity contribution in [1.82, 2.24) is 14.5 Å². The molecular formula is C11H12ClN3. The lowest BCUT2D eigenvalue weighted by Crippen LogP contribution is -2.13. The van der Waals surface area contributed by atoms with Crippen molar-refractivity contribution in [3.05, 3.63) is 23.1 Å². The van der Waals surface area contributed by atoms with Crippen LogP contribution < -0.4 is 0 Å². The van der Waals surface area contributed by atoms with E-state index in [1.165, 1.54) is 19.3 Å². The van der Waals surface area contributed by atoms with Gasteiger partial charge in [-0.2, -0.15) is 0 Å². The molecule has 1 saturated carbocycles. The summed E-state index contributed by atoms with van der Waals surface area (Å²) in [5.41, 5.74) is 1.73. The minimum Gasteiger partial charge on any atom is -0.316 e. The first-order valence-corrected chi connectivity index (χ1v) is 5.62. The third kappa shape index (κ3) is 1.26. The second-order valence-electron chi connectivity index (χ2n) is 4.12. The SMILES string of the molecule is Cn1c(C2CCC2)nc2c(Cl)ccnc21. The second-order valence-corrected chi connectivity index (χ2v) is 4.53. The molecule has 1 aliphatic rings. The van der Waals surface area contributed by atoms with Gasteiger partial charge in [0.2, 0.25) is 0 Å². The van der Waals surface area contributed by atoms with Crippen molar-refractivity contribution in [3.8, 4) is 0 Å². The summed E-state index contributed by atoms with van der Waals surface area (Å²) in [6, 6.07) is 1.79. The van der Waals surface area contributed by atoms with Gasteiger partial charge in [-0.3, -0.25) is 0 Å². The summed E-state index contributed by atoms with van der Waals surface area (Å²) >= 11 is 6.09. The molecule has 4 heteroatoms. The summed E-state index contributed by atoms with van der Waals surface area (Å²) < 4.78 is 2.07. The van der Waals surface area contributed by atoms with Crippen LogP contribution in [0.25, 0.3) is 11.2 Å². The highest BCUT2D eigenvalue weighted by Crippen LogP contribution is 2.37. The van der Waals surface area contributed by atoms with Crippen LogP contribution in [0.15, 0.2) is 12.3 Å². The van der Waals surface area contributed by atoms with Crippen molar-refractivity contribution in [2.45, 2.75) is 25.2 Å². The third-order valence-electron chi connectivity index (χ3n) is 3.21. The lowest BCUT2D eigenvalue weighted by atomic mass is 9.85. The number of halogens is 1. The summed E-state index contributed by atoms with van der Waals surface area (Å²) in [5.74, 6) is 1.75. The Bertz CT molecular complexity index is 514. The normalized spacial score (nSPS) is 16.9. The lowest BCUT2D eigenvalue weighted by molar-refractivity contribution is 0.394. The molecule has 2 aromatic heterocycles. The van der Waals surface area contributed by atoms with Gasteiger partial charge in [-0.15, -0.1) is 0 Å². The smallest absolute Gasteiger partial charge is 0.161 e. The van der Waals surface area contributed by atoms with Crippen LogP contribution in [-0.4, -0.2) is 14.5 Å². The number of hydrogen-bond donors (Lipinski definition) is 0. The summed E-state index contributed by atoms with van der Waals surface area (Å²) in [6.07, 6.45) is 5.54. The predicted octanol–water partition coefficient (Wildman–Crippen LogP) is 2.89. The molecule has 0 unspecified atom stereocenters. The van der Waals surface area contributed by atoms with Crippen LogP contribution in [0.4, 0.5) is 0 Å². The lowest BCUT2D eigenvalue weighted by Gasteiger charge is -2.24. The fourth-order valence-corrected chi connectivity index (χ4v) is 2.28. The molecule has 1 fully saturated rings. The van der Waals surface area contributed by atoms with Gasteiger partial charge in [0.25, 0.3) is 0 Å². The van der Waals surface area contributed by atoms with Crippen LogP contribution in [0.1, 0.15) is 31.0 Å². The van der Waals surface area contributed by atoms with Crippen molar-refractivity contribution >= 4 is 22.8 Å². The van der Waals surface area contributed by atoms with Crippen molar-refractivity contribution in [2.24, 2.45) is 7.05 Å². The molecule has 0 atom stereocenters. The molecular weight excluding hydrogens is 210 g/mol. The molecule has 0 radical (unpaired) electrons. The van der Waals surface area contributed by atoms with Crippen LogP contribution in [0, 0.1) is 0 Å². The van der Waals surface area contributed by atoms with Crippen LogP contribution >= 0.6 is 11.6 Å². The van der Waals surface area contributed by atoms with Crippen molar-refractivity contribution < 1.29 is 0 Å². The zero-order valence-corrected chi connectivity index (χ0v) is 9.33. The van der Waals surface area contributed by atoms with E-state index in [1.807, 2.05) is 7.05 Å². The molecule has 0 spiro atoms. The first-order chi connectivity index (χ1) is 7.27. The highest BCUT2D eigenvalue weighted by atomic mass is 35.5. The number of imidazole rings is 1. The fraction of sp³-hybridized carbons (Fsp3) is 0.455. The maximum Gasteiger partial charge on any atom is 0.161 e. The number of pyridine rings is 1. The molecule has 78 valence electrons. The van der Waals surface area contributed by atoms with Crippen LogP contribution in [0.2, 0.25) is 5.02 Å². The van der Waals surface area contributed by atoms with Gasteiger partial charge in [0.1, 0.15) is 11.3 Å². The molecule has 0 amide bonds. The molecule has 3 rings (SSSR count). The van der Waals surface area contributed by atoms with Gasteiger partial charge in [-0.05, 0) is 18.9 Å². The van der Waals surface area contributed by atoms with E-state index >= 15 is 0 Å². The fourth-order valence-electron chi connectivity index (χ4n) is 2.10. The first kappa shape index (κ1) is 9.16. The maximum atomic E-state index is 6.09. The quantitative estimate of drug-likeness (QED) is 0.742. The summed E-state index contributed by atoms with van der Waals surface area (Å²) in [4.78, 5) is 8.92. The molecule has 0 saturated heterocycles. The zero-order chi connectivity index (χ0) is 10.4. The Morgan fingerprint density at radius 1 is 1.47 bits per heavy atom. The third-order valence-corrected chi connectivity index (χ3v) is 3.52. The summed E-state index contributed by atoms with van der Waals surface area (Å²) in [7, 11) is 2.02. The summed E-state index contributed by atoms with van der Waals surface area (Å²) in [6.45, 7) is 0. The standard InChI is InChI=1S/C11H12ClN3/c1-15-10(7-3-2-4-7)14-9-8(12)5-6-13-11(9)15/h5-7H,2-4H2,1H3. The van der Waals surface area contributed by atoms with Gasteiger partial charge in [-0.1, -0.05) is 18.0 Å². The van der Waals surface area contributed by atoms with Gasteiger partial charge in [0.05, 0.1) is 5.02 Å². The molecule has 0 aliphatic heterocycles. The minimum atomic E-state index is 0.611. The number of rotatable bonds is 1. The molecule has 0 aromatic carbocycles. The van der Waals surface area contributed by atoms with Gasteiger partial charge in [-0.25, -0.2) is 9.97 Å². The number of fused-ring (bicyclic) bond motifs is 1. The van der Waals surface area contributed by atoms with E-state index in [9.17, 15) is 0 Å². The number of aryl methyl sites for hydroxylation is 1. The second kappa shape index (κ2) is 3.20. The predicted molar refractivity (Wildman–Crippen MR) is 60.1 cm³/mol. The Balaban J connectivity index is 2.23. The van der Waals surface area contributed by atoms with E-state index in [0.29, 0.717) is 10.9 Å². The number of aromatic nitrogens is 3. The van der Waals surface area contributed by atoms with Gasteiger partial charge in [0, 0.05) is 19.2 Å². The molecule has 1 aliphatic carbocycles. The van der Waals surface area contributed by atoms with E-state index in [1.54, 1.807) is 12.3 Å². The molecule has 2 heterocycles. The molecule has 0 N–H and O–H groups in total. The maximum absolute atomic E-state index is 6.09. The zero-order valence-electron chi connectivity index (χ0n) is 8.57. The largest absolute Gasteiger partial charge is 0.316 e. The van der Waals surface area contributed by atoms with E-state index in [4.69, 9.17) is 11.6 Å². The Morgan fingerprint density at radius 2 is 2.27 bits per heavy atom. The molecule has 3 nitrogen and oxygen atoms in total. The topological polar surface area (TPSA) is 30.7 Å². The average molecular weight is 222 g/mol. The van der Waals surface area contributed by atoms with Gasteiger partial charge in [0.15, 0.2) is 5.65 Å². The van der Waals surface area contributed by atoms with Gasteiger partial charge < -0.3 is 4.57 Å². The van der Waals surface area contributed by atoms with E-state index in [2.05, 4.69) is 14.5 Å². The first-order valence-electron chi connectivity index (χ1n) is 5.24. The monoisotopic (exact) mass is 221 g/mol. The average Bonchev–Trinajstić information content (AvgIpc) is 2.45. The molecule has 0 bridgehead atoms.